The summed E-state index contributed by atoms with van der Waals surface area (Å²) in [5.41, 5.74) is 0.819. The Bertz CT molecular complexity index is 484. The summed E-state index contributed by atoms with van der Waals surface area (Å²) in [7, 11) is 1.55. The fraction of sp³-hybridized carbons (Fsp3) is 0.429. The molecular weight excluding hydrogens is 312 g/mol. The van der Waals surface area contributed by atoms with Crippen LogP contribution >= 0.6 is 12.4 Å². The third-order valence-electron chi connectivity index (χ3n) is 2.80. The zero-order valence-electron chi connectivity index (χ0n) is 12.2. The number of aliphatic hydroxyl groups excluding tert-OH is 2. The first kappa shape index (κ1) is 20.2. The molecule has 0 aliphatic rings. The minimum absolute atomic E-state index is 0. The molecule has 0 spiro atoms. The summed E-state index contributed by atoms with van der Waals surface area (Å²) in [6, 6.07) is 7.27. The number of aliphatic hydroxyl groups is 2. The molecule has 0 aliphatic heterocycles. The first-order valence-electron chi connectivity index (χ1n) is 6.53. The maximum absolute atomic E-state index is 11.6. The van der Waals surface area contributed by atoms with E-state index in [4.69, 9.17) is 9.84 Å². The third-order valence-corrected chi connectivity index (χ3v) is 2.80. The number of carbonyl (C=O) groups is 2. The summed E-state index contributed by atoms with van der Waals surface area (Å²) in [5, 5.41) is 22.8. The van der Waals surface area contributed by atoms with Crippen molar-refractivity contribution in [2.24, 2.45) is 0 Å². The molecule has 7 nitrogen and oxygen atoms in total. The van der Waals surface area contributed by atoms with Crippen LogP contribution in [-0.2, 0) is 16.1 Å². The van der Waals surface area contributed by atoms with Crippen LogP contribution in [0.15, 0.2) is 24.3 Å². The van der Waals surface area contributed by atoms with E-state index in [-0.39, 0.29) is 44.4 Å². The van der Waals surface area contributed by atoms with Gasteiger partial charge in [0.25, 0.3) is 0 Å². The molecule has 1 aromatic rings. The summed E-state index contributed by atoms with van der Waals surface area (Å²) < 4.78 is 5.16. The Morgan fingerprint density at radius 3 is 2.59 bits per heavy atom. The van der Waals surface area contributed by atoms with Crippen molar-refractivity contribution < 1.29 is 24.5 Å². The number of carbonyl (C=O) groups excluding carboxylic acids is 2. The number of hydrogen-bond donors (Lipinski definition) is 4. The summed E-state index contributed by atoms with van der Waals surface area (Å²) in [6.07, 6.45) is -1.37. The number of ether oxygens (including phenoxy) is 1. The van der Waals surface area contributed by atoms with Crippen LogP contribution in [0, 0.1) is 0 Å². The number of benzene rings is 1. The number of para-hydroxylation sites is 1. The fourth-order valence-electron chi connectivity index (χ4n) is 1.64. The molecule has 0 aliphatic carbocycles. The Hall–Kier alpha value is -1.83. The topological polar surface area (TPSA) is 108 Å². The molecule has 1 unspecified atom stereocenters. The van der Waals surface area contributed by atoms with E-state index in [1.165, 1.54) is 0 Å². The van der Waals surface area contributed by atoms with Crippen molar-refractivity contribution in [3.05, 3.63) is 29.8 Å². The highest BCUT2D eigenvalue weighted by Gasteiger charge is 2.14. The lowest BCUT2D eigenvalue weighted by atomic mass is 10.2. The molecule has 0 saturated carbocycles. The maximum Gasteiger partial charge on any atom is 0.249 e. The van der Waals surface area contributed by atoms with E-state index in [2.05, 4.69) is 10.6 Å². The lowest BCUT2D eigenvalue weighted by molar-refractivity contribution is -0.132. The Morgan fingerprint density at radius 1 is 1.27 bits per heavy atom. The van der Waals surface area contributed by atoms with Gasteiger partial charge < -0.3 is 25.6 Å². The van der Waals surface area contributed by atoms with Gasteiger partial charge in [0, 0.05) is 25.1 Å². The molecule has 2 amide bonds. The molecule has 0 heterocycles. The van der Waals surface area contributed by atoms with Crippen LogP contribution in [0.4, 0.5) is 0 Å². The minimum atomic E-state index is -1.31. The molecule has 8 heteroatoms. The first-order chi connectivity index (χ1) is 10.1. The number of amides is 2. The molecule has 1 atom stereocenters. The van der Waals surface area contributed by atoms with Gasteiger partial charge >= 0.3 is 0 Å². The van der Waals surface area contributed by atoms with Crippen LogP contribution < -0.4 is 15.4 Å². The second-order valence-corrected chi connectivity index (χ2v) is 4.33. The summed E-state index contributed by atoms with van der Waals surface area (Å²) >= 11 is 0. The highest BCUT2D eigenvalue weighted by molar-refractivity contribution is 5.86. The summed E-state index contributed by atoms with van der Waals surface area (Å²) in [6.45, 7) is -0.261. The van der Waals surface area contributed by atoms with Gasteiger partial charge in [-0.2, -0.15) is 0 Å². The number of rotatable bonds is 8. The molecule has 0 bridgehead atoms. The highest BCUT2D eigenvalue weighted by atomic mass is 35.5. The van der Waals surface area contributed by atoms with Crippen LogP contribution in [0.3, 0.4) is 0 Å². The monoisotopic (exact) mass is 332 g/mol. The van der Waals surface area contributed by atoms with Gasteiger partial charge in [-0.15, -0.1) is 12.4 Å². The fourth-order valence-corrected chi connectivity index (χ4v) is 1.64. The van der Waals surface area contributed by atoms with Crippen LogP contribution in [0.5, 0.6) is 5.75 Å². The number of methoxy groups -OCH3 is 1. The second-order valence-electron chi connectivity index (χ2n) is 4.33. The zero-order chi connectivity index (χ0) is 15.7. The smallest absolute Gasteiger partial charge is 0.249 e. The number of nitrogens with one attached hydrogen (secondary N) is 2. The minimum Gasteiger partial charge on any atom is -0.496 e. The molecule has 0 radical (unpaired) electrons. The Balaban J connectivity index is 0.00000441. The standard InChI is InChI=1S/C14H20N2O5.ClH/c1-21-12-5-3-2-4-10(12)8-15-13(19)9-16-14(20)11(18)6-7-17;/h2-5,11,17-18H,6-9H2,1H3,(H,15,19)(H,16,20);1H. The maximum atomic E-state index is 11.6. The van der Waals surface area contributed by atoms with Gasteiger partial charge in [0.1, 0.15) is 11.9 Å². The van der Waals surface area contributed by atoms with E-state index >= 15 is 0 Å². The van der Waals surface area contributed by atoms with E-state index in [9.17, 15) is 14.7 Å². The lowest BCUT2D eigenvalue weighted by Crippen LogP contribution is -2.41. The van der Waals surface area contributed by atoms with Crippen molar-refractivity contribution in [1.82, 2.24) is 10.6 Å². The largest absolute Gasteiger partial charge is 0.496 e. The van der Waals surface area contributed by atoms with Gasteiger partial charge in [0.15, 0.2) is 0 Å². The van der Waals surface area contributed by atoms with Crippen molar-refractivity contribution >= 4 is 24.2 Å². The Morgan fingerprint density at radius 2 is 1.95 bits per heavy atom. The molecule has 1 aromatic carbocycles. The van der Waals surface area contributed by atoms with Gasteiger partial charge in [-0.25, -0.2) is 0 Å². The van der Waals surface area contributed by atoms with E-state index in [0.29, 0.717) is 5.75 Å². The van der Waals surface area contributed by atoms with Crippen LogP contribution in [-0.4, -0.2) is 48.4 Å². The molecule has 124 valence electrons. The first-order valence-corrected chi connectivity index (χ1v) is 6.53. The molecule has 1 rings (SSSR count). The Labute approximate surface area is 135 Å². The van der Waals surface area contributed by atoms with Gasteiger partial charge in [-0.3, -0.25) is 9.59 Å². The molecule has 0 aromatic heterocycles. The van der Waals surface area contributed by atoms with E-state index in [1.807, 2.05) is 18.2 Å². The van der Waals surface area contributed by atoms with Crippen LogP contribution in [0.1, 0.15) is 12.0 Å². The predicted octanol–water partition coefficient (Wildman–Crippen LogP) is -0.407. The third kappa shape index (κ3) is 6.75. The lowest BCUT2D eigenvalue weighted by Gasteiger charge is -2.11. The summed E-state index contributed by atoms with van der Waals surface area (Å²) in [4.78, 5) is 22.9. The molecular formula is C14H21ClN2O5. The quantitative estimate of drug-likeness (QED) is 0.518. The zero-order valence-corrected chi connectivity index (χ0v) is 13.1. The van der Waals surface area contributed by atoms with Gasteiger partial charge in [0.2, 0.25) is 11.8 Å². The van der Waals surface area contributed by atoms with Crippen molar-refractivity contribution in [2.75, 3.05) is 20.3 Å². The predicted molar refractivity (Wildman–Crippen MR) is 82.8 cm³/mol. The second kappa shape index (κ2) is 10.8. The van der Waals surface area contributed by atoms with Crippen molar-refractivity contribution in [2.45, 2.75) is 19.1 Å². The normalized spacial score (nSPS) is 11.0. The van der Waals surface area contributed by atoms with Gasteiger partial charge in [-0.1, -0.05) is 18.2 Å². The van der Waals surface area contributed by atoms with E-state index < -0.39 is 12.0 Å². The molecule has 0 fully saturated rings. The molecule has 22 heavy (non-hydrogen) atoms. The van der Waals surface area contributed by atoms with Gasteiger partial charge in [0.05, 0.1) is 13.7 Å². The van der Waals surface area contributed by atoms with E-state index in [0.717, 1.165) is 5.56 Å². The average molecular weight is 333 g/mol. The van der Waals surface area contributed by atoms with Crippen molar-refractivity contribution in [3.63, 3.8) is 0 Å². The van der Waals surface area contributed by atoms with Gasteiger partial charge in [-0.05, 0) is 6.07 Å². The highest BCUT2D eigenvalue weighted by Crippen LogP contribution is 2.16. The number of halogens is 1. The Kier molecular flexibility index (Phi) is 9.93. The van der Waals surface area contributed by atoms with Crippen molar-refractivity contribution in [3.8, 4) is 5.75 Å². The van der Waals surface area contributed by atoms with Crippen molar-refractivity contribution in [1.29, 1.82) is 0 Å². The van der Waals surface area contributed by atoms with Crippen LogP contribution in [0.2, 0.25) is 0 Å². The van der Waals surface area contributed by atoms with Crippen LogP contribution in [0.25, 0.3) is 0 Å². The summed E-state index contributed by atoms with van der Waals surface area (Å²) in [5.74, 6) is -0.401. The molecule has 0 saturated heterocycles. The average Bonchev–Trinajstić information content (AvgIpc) is 2.50. The molecule has 4 N–H and O–H groups in total. The van der Waals surface area contributed by atoms with E-state index in [1.54, 1.807) is 13.2 Å². The number of hydrogen-bond acceptors (Lipinski definition) is 5. The SMILES string of the molecule is COc1ccccc1CNC(=O)CNC(=O)C(O)CCO.Cl.